The lowest BCUT2D eigenvalue weighted by Crippen LogP contribution is -2.52. The van der Waals surface area contributed by atoms with Crippen LogP contribution in [0.25, 0.3) is 0 Å². The van der Waals surface area contributed by atoms with E-state index in [0.717, 1.165) is 34.4 Å². The molecule has 2 aliphatic heterocycles. The number of amides is 1. The smallest absolute Gasteiger partial charge is 0.253 e. The van der Waals surface area contributed by atoms with Crippen LogP contribution in [0.3, 0.4) is 0 Å². The number of nitrogens with one attached hydrogen (secondary N) is 1. The van der Waals surface area contributed by atoms with Gasteiger partial charge in [-0.1, -0.05) is 36.4 Å². The van der Waals surface area contributed by atoms with Crippen molar-refractivity contribution in [2.45, 2.75) is 42.6 Å². The predicted molar refractivity (Wildman–Crippen MR) is 130 cm³/mol. The van der Waals surface area contributed by atoms with Crippen molar-refractivity contribution in [1.82, 2.24) is 9.62 Å². The zero-order chi connectivity index (χ0) is 23.7. The van der Waals surface area contributed by atoms with E-state index in [0.29, 0.717) is 31.1 Å². The molecule has 5 rings (SSSR count). The standard InChI is InChI=1S/C25H26N2O5S2/c1-17(18-9-10-22-23(15-18)32-12-5-11-31-22)26-25(28)21-14-19-6-2-3-7-20(19)16-27(21)34(29,30)24-8-4-13-33-24/h2-4,6-10,13,15,17,21H,5,11-12,14,16H2,1H3,(H,26,28)/t17?,21-/m0/s1. The maximum atomic E-state index is 13.5. The third-order valence-corrected chi connectivity index (χ3v) is 9.42. The first-order valence-electron chi connectivity index (χ1n) is 11.3. The Hall–Kier alpha value is -2.88. The molecule has 0 saturated carbocycles. The van der Waals surface area contributed by atoms with Crippen molar-refractivity contribution in [2.75, 3.05) is 13.2 Å². The van der Waals surface area contributed by atoms with Crippen LogP contribution >= 0.6 is 11.3 Å². The monoisotopic (exact) mass is 498 g/mol. The lowest BCUT2D eigenvalue weighted by atomic mass is 9.95. The highest BCUT2D eigenvalue weighted by Crippen LogP contribution is 2.34. The highest BCUT2D eigenvalue weighted by molar-refractivity contribution is 7.91. The first kappa shape index (κ1) is 22.9. The molecular formula is C25H26N2O5S2. The van der Waals surface area contributed by atoms with Gasteiger partial charge in [0.05, 0.1) is 19.3 Å². The lowest BCUT2D eigenvalue weighted by molar-refractivity contribution is -0.125. The van der Waals surface area contributed by atoms with Crippen LogP contribution in [0.4, 0.5) is 0 Å². The summed E-state index contributed by atoms with van der Waals surface area (Å²) < 4.78 is 39.9. The van der Waals surface area contributed by atoms with Gasteiger partial charge in [-0.05, 0) is 53.6 Å². The summed E-state index contributed by atoms with van der Waals surface area (Å²) in [4.78, 5) is 13.5. The van der Waals surface area contributed by atoms with E-state index in [1.54, 1.807) is 17.5 Å². The average Bonchev–Trinajstić information content (AvgIpc) is 3.30. The zero-order valence-corrected chi connectivity index (χ0v) is 20.4. The maximum absolute atomic E-state index is 13.5. The van der Waals surface area contributed by atoms with Crippen LogP contribution in [0.1, 0.15) is 36.1 Å². The van der Waals surface area contributed by atoms with E-state index in [2.05, 4.69) is 5.32 Å². The van der Waals surface area contributed by atoms with Gasteiger partial charge in [0.1, 0.15) is 10.3 Å². The van der Waals surface area contributed by atoms with Gasteiger partial charge in [-0.15, -0.1) is 11.3 Å². The number of nitrogens with zero attached hydrogens (tertiary/aromatic N) is 1. The Labute approximate surface area is 203 Å². The van der Waals surface area contributed by atoms with Crippen LogP contribution < -0.4 is 14.8 Å². The summed E-state index contributed by atoms with van der Waals surface area (Å²) in [5, 5.41) is 4.76. The molecule has 2 aliphatic rings. The van der Waals surface area contributed by atoms with E-state index >= 15 is 0 Å². The highest BCUT2D eigenvalue weighted by atomic mass is 32.2. The van der Waals surface area contributed by atoms with E-state index in [-0.39, 0.29) is 22.7 Å². The Bertz CT molecular complexity index is 1290. The third-order valence-electron chi connectivity index (χ3n) is 6.20. The minimum atomic E-state index is -3.82. The Morgan fingerprint density at radius 2 is 1.82 bits per heavy atom. The van der Waals surface area contributed by atoms with Crippen molar-refractivity contribution in [2.24, 2.45) is 0 Å². The number of thiophene rings is 1. The molecule has 0 radical (unpaired) electrons. The first-order chi connectivity index (χ1) is 16.4. The minimum absolute atomic E-state index is 0.160. The highest BCUT2D eigenvalue weighted by Gasteiger charge is 2.40. The van der Waals surface area contributed by atoms with Gasteiger partial charge in [-0.25, -0.2) is 8.42 Å². The lowest BCUT2D eigenvalue weighted by Gasteiger charge is -2.35. The summed E-state index contributed by atoms with van der Waals surface area (Å²) in [6.45, 7) is 3.23. The molecule has 7 nitrogen and oxygen atoms in total. The van der Waals surface area contributed by atoms with Crippen LogP contribution in [0.5, 0.6) is 11.5 Å². The molecule has 3 aromatic rings. The summed E-state index contributed by atoms with van der Waals surface area (Å²) in [6.07, 6.45) is 1.13. The number of hydrogen-bond donors (Lipinski definition) is 1. The largest absolute Gasteiger partial charge is 0.490 e. The van der Waals surface area contributed by atoms with Gasteiger partial charge in [0.25, 0.3) is 10.0 Å². The van der Waals surface area contributed by atoms with E-state index in [1.807, 2.05) is 49.4 Å². The SMILES string of the molecule is CC(NC(=O)[C@@H]1Cc2ccccc2CN1S(=O)(=O)c1cccs1)c1ccc2c(c1)OCCCO2. The van der Waals surface area contributed by atoms with Gasteiger partial charge in [0.2, 0.25) is 5.91 Å². The number of fused-ring (bicyclic) bond motifs is 2. The molecule has 178 valence electrons. The Morgan fingerprint density at radius 3 is 2.59 bits per heavy atom. The van der Waals surface area contributed by atoms with Crippen LogP contribution in [0.2, 0.25) is 0 Å². The van der Waals surface area contributed by atoms with Gasteiger partial charge in [0, 0.05) is 13.0 Å². The molecule has 1 aromatic heterocycles. The van der Waals surface area contributed by atoms with Crippen LogP contribution in [0.15, 0.2) is 64.2 Å². The van der Waals surface area contributed by atoms with Gasteiger partial charge in [0.15, 0.2) is 11.5 Å². The number of rotatable bonds is 5. The second-order valence-corrected chi connectivity index (χ2v) is 11.5. The fraction of sp³-hybridized carbons (Fsp3) is 0.320. The Balaban J connectivity index is 1.41. The number of ether oxygens (including phenoxy) is 2. The molecule has 3 heterocycles. The minimum Gasteiger partial charge on any atom is -0.490 e. The van der Waals surface area contributed by atoms with Crippen molar-refractivity contribution in [3.8, 4) is 11.5 Å². The molecular weight excluding hydrogens is 472 g/mol. The molecule has 2 aromatic carbocycles. The maximum Gasteiger partial charge on any atom is 0.253 e. The Kier molecular flexibility index (Phi) is 6.33. The van der Waals surface area contributed by atoms with E-state index < -0.39 is 16.1 Å². The summed E-state index contributed by atoms with van der Waals surface area (Å²) in [6, 6.07) is 15.4. The number of benzene rings is 2. The summed E-state index contributed by atoms with van der Waals surface area (Å²) >= 11 is 1.16. The molecule has 1 N–H and O–H groups in total. The molecule has 1 unspecified atom stereocenters. The molecule has 1 amide bonds. The summed E-state index contributed by atoms with van der Waals surface area (Å²) in [5.74, 6) is 1.02. The zero-order valence-electron chi connectivity index (χ0n) is 18.8. The van der Waals surface area contributed by atoms with Gasteiger partial charge >= 0.3 is 0 Å². The Morgan fingerprint density at radius 1 is 1.06 bits per heavy atom. The molecule has 9 heteroatoms. The quantitative estimate of drug-likeness (QED) is 0.577. The first-order valence-corrected chi connectivity index (χ1v) is 13.6. The normalized spacial score (nSPS) is 19.0. The molecule has 2 atom stereocenters. The van der Waals surface area contributed by atoms with E-state index in [1.165, 1.54) is 4.31 Å². The number of carbonyl (C=O) groups excluding carboxylic acids is 1. The van der Waals surface area contributed by atoms with Crippen LogP contribution in [-0.4, -0.2) is 37.9 Å². The number of carbonyl (C=O) groups is 1. The predicted octanol–water partition coefficient (Wildman–Crippen LogP) is 3.90. The molecule has 0 aliphatic carbocycles. The van der Waals surface area contributed by atoms with Crippen molar-refractivity contribution in [1.29, 1.82) is 0 Å². The van der Waals surface area contributed by atoms with Gasteiger partial charge < -0.3 is 14.8 Å². The van der Waals surface area contributed by atoms with E-state index in [9.17, 15) is 13.2 Å². The topological polar surface area (TPSA) is 84.9 Å². The molecule has 0 bridgehead atoms. The fourth-order valence-electron chi connectivity index (χ4n) is 4.34. The molecule has 34 heavy (non-hydrogen) atoms. The summed E-state index contributed by atoms with van der Waals surface area (Å²) in [7, 11) is -3.82. The number of sulfonamides is 1. The average molecular weight is 499 g/mol. The third kappa shape index (κ3) is 4.43. The van der Waals surface area contributed by atoms with Crippen LogP contribution in [0, 0.1) is 0 Å². The summed E-state index contributed by atoms with van der Waals surface area (Å²) in [5.41, 5.74) is 2.77. The van der Waals surface area contributed by atoms with Crippen LogP contribution in [-0.2, 0) is 27.8 Å². The van der Waals surface area contributed by atoms with Gasteiger partial charge in [-0.3, -0.25) is 4.79 Å². The molecule has 0 saturated heterocycles. The molecule has 0 fully saturated rings. The molecule has 0 spiro atoms. The van der Waals surface area contributed by atoms with Crippen molar-refractivity contribution in [3.63, 3.8) is 0 Å². The fourth-order valence-corrected chi connectivity index (χ4v) is 7.03. The van der Waals surface area contributed by atoms with Crippen molar-refractivity contribution >= 4 is 27.3 Å². The van der Waals surface area contributed by atoms with Crippen molar-refractivity contribution in [3.05, 3.63) is 76.7 Å². The van der Waals surface area contributed by atoms with Gasteiger partial charge in [-0.2, -0.15) is 4.31 Å². The second-order valence-electron chi connectivity index (χ2n) is 8.46. The van der Waals surface area contributed by atoms with E-state index in [4.69, 9.17) is 9.47 Å². The number of hydrogen-bond acceptors (Lipinski definition) is 6. The second kappa shape index (κ2) is 9.40. The van der Waals surface area contributed by atoms with Crippen molar-refractivity contribution < 1.29 is 22.7 Å².